The van der Waals surface area contributed by atoms with Gasteiger partial charge in [-0.1, -0.05) is 0 Å². The lowest BCUT2D eigenvalue weighted by molar-refractivity contribution is -0.0288. The molecule has 0 atom stereocenters. The summed E-state index contributed by atoms with van der Waals surface area (Å²) in [6.45, 7) is 3.97. The van der Waals surface area contributed by atoms with E-state index < -0.39 is 6.09 Å². The minimum absolute atomic E-state index is 0.0537. The van der Waals surface area contributed by atoms with Crippen molar-refractivity contribution in [3.63, 3.8) is 0 Å². The molecule has 20 heavy (non-hydrogen) atoms. The molecule has 3 aliphatic carbocycles. The number of carbonyl (C=O) groups is 1. The maximum Gasteiger partial charge on any atom is 0.407 e. The summed E-state index contributed by atoms with van der Waals surface area (Å²) in [6.07, 6.45) is 7.32. The Hall–Kier alpha value is -1.10. The van der Waals surface area contributed by atoms with Crippen molar-refractivity contribution in [2.24, 2.45) is 0 Å². The molecule has 5 heteroatoms. The SMILES string of the molecule is CC(C)N(C(=O)O)C12CCC(c3nccs3)(CC1)CC2. The molecule has 1 aromatic rings. The molecule has 2 bridgehead atoms. The van der Waals surface area contributed by atoms with Gasteiger partial charge in [0.1, 0.15) is 0 Å². The third-order valence-electron chi connectivity index (χ3n) is 5.33. The van der Waals surface area contributed by atoms with E-state index in [1.54, 1.807) is 16.2 Å². The van der Waals surface area contributed by atoms with Crippen LogP contribution in [0.25, 0.3) is 0 Å². The highest BCUT2D eigenvalue weighted by molar-refractivity contribution is 7.09. The van der Waals surface area contributed by atoms with Crippen LogP contribution >= 0.6 is 11.3 Å². The fraction of sp³-hybridized carbons (Fsp3) is 0.733. The average Bonchev–Trinajstić information content (AvgIpc) is 2.94. The second-order valence-electron chi connectivity index (χ2n) is 6.59. The number of fused-ring (bicyclic) bond motifs is 3. The van der Waals surface area contributed by atoms with E-state index in [2.05, 4.69) is 10.4 Å². The van der Waals surface area contributed by atoms with E-state index in [1.165, 1.54) is 5.01 Å². The first kappa shape index (κ1) is 13.9. The van der Waals surface area contributed by atoms with Crippen LogP contribution < -0.4 is 0 Å². The third kappa shape index (κ3) is 1.94. The Balaban J connectivity index is 1.85. The Kier molecular flexibility index (Phi) is 3.27. The summed E-state index contributed by atoms with van der Waals surface area (Å²) in [5.41, 5.74) is 0.107. The number of hydrogen-bond acceptors (Lipinski definition) is 3. The van der Waals surface area contributed by atoms with E-state index in [0.29, 0.717) is 0 Å². The molecule has 1 amide bonds. The van der Waals surface area contributed by atoms with Crippen LogP contribution in [0.15, 0.2) is 11.6 Å². The second kappa shape index (κ2) is 4.72. The lowest BCUT2D eigenvalue weighted by atomic mass is 9.57. The first-order valence-corrected chi connectivity index (χ1v) is 8.29. The number of amides is 1. The molecular weight excluding hydrogens is 272 g/mol. The van der Waals surface area contributed by atoms with Crippen LogP contribution in [0.4, 0.5) is 4.79 Å². The molecule has 1 aromatic heterocycles. The van der Waals surface area contributed by atoms with Gasteiger partial charge in [-0.3, -0.25) is 0 Å². The predicted octanol–water partition coefficient (Wildman–Crippen LogP) is 3.88. The summed E-state index contributed by atoms with van der Waals surface area (Å²) in [4.78, 5) is 17.9. The summed E-state index contributed by atoms with van der Waals surface area (Å²) in [5, 5.41) is 12.9. The van der Waals surface area contributed by atoms with Gasteiger partial charge in [0.15, 0.2) is 0 Å². The van der Waals surface area contributed by atoms with Gasteiger partial charge in [-0.2, -0.15) is 0 Å². The minimum atomic E-state index is -0.761. The first-order chi connectivity index (χ1) is 9.49. The molecule has 1 N–H and O–H groups in total. The monoisotopic (exact) mass is 294 g/mol. The minimum Gasteiger partial charge on any atom is -0.465 e. The van der Waals surface area contributed by atoms with Gasteiger partial charge in [-0.15, -0.1) is 11.3 Å². The van der Waals surface area contributed by atoms with Crippen LogP contribution in [0, 0.1) is 0 Å². The van der Waals surface area contributed by atoms with E-state index in [1.807, 2.05) is 20.0 Å². The summed E-state index contributed by atoms with van der Waals surface area (Å²) < 4.78 is 0. The van der Waals surface area contributed by atoms with E-state index in [9.17, 15) is 9.90 Å². The highest BCUT2D eigenvalue weighted by Gasteiger charge is 2.54. The van der Waals surface area contributed by atoms with Crippen LogP contribution in [0.5, 0.6) is 0 Å². The van der Waals surface area contributed by atoms with Gasteiger partial charge in [0.05, 0.1) is 5.01 Å². The van der Waals surface area contributed by atoms with Gasteiger partial charge >= 0.3 is 6.09 Å². The van der Waals surface area contributed by atoms with Crippen LogP contribution in [-0.4, -0.2) is 32.7 Å². The van der Waals surface area contributed by atoms with Crippen molar-refractivity contribution in [3.05, 3.63) is 16.6 Å². The van der Waals surface area contributed by atoms with Crippen LogP contribution in [0.1, 0.15) is 57.4 Å². The van der Waals surface area contributed by atoms with Crippen molar-refractivity contribution in [2.75, 3.05) is 0 Å². The molecule has 3 saturated carbocycles. The van der Waals surface area contributed by atoms with Gasteiger partial charge in [-0.05, 0) is 52.4 Å². The smallest absolute Gasteiger partial charge is 0.407 e. The van der Waals surface area contributed by atoms with Crippen molar-refractivity contribution in [2.45, 2.75) is 69.4 Å². The maximum atomic E-state index is 11.6. The average molecular weight is 294 g/mol. The third-order valence-corrected chi connectivity index (χ3v) is 6.35. The Morgan fingerprint density at radius 3 is 2.30 bits per heavy atom. The van der Waals surface area contributed by atoms with Gasteiger partial charge in [0.25, 0.3) is 0 Å². The highest BCUT2D eigenvalue weighted by atomic mass is 32.1. The molecule has 4 nitrogen and oxygen atoms in total. The topological polar surface area (TPSA) is 53.4 Å². The number of nitrogens with zero attached hydrogens (tertiary/aromatic N) is 2. The fourth-order valence-corrected chi connectivity index (χ4v) is 5.23. The Labute approximate surface area is 123 Å². The number of hydrogen-bond donors (Lipinski definition) is 1. The molecule has 0 spiro atoms. The summed E-state index contributed by atoms with van der Waals surface area (Å²) in [6, 6.07) is 0.0537. The number of carboxylic acid groups (broad SMARTS) is 1. The quantitative estimate of drug-likeness (QED) is 0.920. The maximum absolute atomic E-state index is 11.6. The standard InChI is InChI=1S/C15H22N2O2S/c1-11(2)17(13(18)19)15-6-3-14(4-7-15,5-8-15)12-16-9-10-20-12/h9-11H,3-8H2,1-2H3,(H,18,19). The van der Waals surface area contributed by atoms with Gasteiger partial charge < -0.3 is 10.0 Å². The molecule has 0 saturated heterocycles. The van der Waals surface area contributed by atoms with Crippen molar-refractivity contribution >= 4 is 17.4 Å². The van der Waals surface area contributed by atoms with Gasteiger partial charge in [-0.25, -0.2) is 9.78 Å². The first-order valence-electron chi connectivity index (χ1n) is 7.41. The molecule has 4 rings (SSSR count). The van der Waals surface area contributed by atoms with E-state index in [0.717, 1.165) is 38.5 Å². The molecule has 0 unspecified atom stereocenters. The van der Waals surface area contributed by atoms with E-state index >= 15 is 0 Å². The normalized spacial score (nSPS) is 32.5. The molecule has 3 aliphatic rings. The Bertz CT molecular complexity index is 473. The van der Waals surface area contributed by atoms with Gasteiger partial charge in [0, 0.05) is 28.6 Å². The summed E-state index contributed by atoms with van der Waals surface area (Å²) in [5.74, 6) is 0. The predicted molar refractivity (Wildman–Crippen MR) is 79.2 cm³/mol. The molecular formula is C15H22N2O2S. The van der Waals surface area contributed by atoms with Gasteiger partial charge in [0.2, 0.25) is 0 Å². The molecule has 110 valence electrons. The number of aromatic nitrogens is 1. The molecule has 0 aliphatic heterocycles. The molecule has 3 fully saturated rings. The molecule has 0 radical (unpaired) electrons. The van der Waals surface area contributed by atoms with E-state index in [-0.39, 0.29) is 17.0 Å². The van der Waals surface area contributed by atoms with Crippen LogP contribution in [0.2, 0.25) is 0 Å². The zero-order valence-electron chi connectivity index (χ0n) is 12.1. The van der Waals surface area contributed by atoms with Crippen molar-refractivity contribution < 1.29 is 9.90 Å². The lowest BCUT2D eigenvalue weighted by Gasteiger charge is -2.57. The lowest BCUT2D eigenvalue weighted by Crippen LogP contribution is -2.61. The zero-order valence-corrected chi connectivity index (χ0v) is 12.9. The number of thiazole rings is 1. The fourth-order valence-electron chi connectivity index (χ4n) is 4.30. The largest absolute Gasteiger partial charge is 0.465 e. The van der Waals surface area contributed by atoms with E-state index in [4.69, 9.17) is 0 Å². The van der Waals surface area contributed by atoms with Crippen LogP contribution in [-0.2, 0) is 5.41 Å². The van der Waals surface area contributed by atoms with Crippen molar-refractivity contribution in [3.8, 4) is 0 Å². The zero-order chi connectivity index (χ0) is 14.4. The van der Waals surface area contributed by atoms with Crippen LogP contribution in [0.3, 0.4) is 0 Å². The Morgan fingerprint density at radius 1 is 1.30 bits per heavy atom. The number of rotatable bonds is 3. The second-order valence-corrected chi connectivity index (χ2v) is 7.48. The van der Waals surface area contributed by atoms with Crippen molar-refractivity contribution in [1.82, 2.24) is 9.88 Å². The van der Waals surface area contributed by atoms with Crippen molar-refractivity contribution in [1.29, 1.82) is 0 Å². The Morgan fingerprint density at radius 2 is 1.90 bits per heavy atom. The summed E-state index contributed by atoms with van der Waals surface area (Å²) >= 11 is 1.76. The molecule has 0 aromatic carbocycles. The summed E-state index contributed by atoms with van der Waals surface area (Å²) in [7, 11) is 0. The highest BCUT2D eigenvalue weighted by Crippen LogP contribution is 2.56. The molecule has 1 heterocycles.